The average Bonchev–Trinajstić information content (AvgIpc) is 3.16. The van der Waals surface area contributed by atoms with E-state index < -0.39 is 33.7 Å². The Labute approximate surface area is 204 Å². The van der Waals surface area contributed by atoms with Gasteiger partial charge in [0, 0.05) is 12.6 Å². The van der Waals surface area contributed by atoms with Crippen molar-refractivity contribution < 1.29 is 27.1 Å². The van der Waals surface area contributed by atoms with E-state index in [1.807, 2.05) is 0 Å². The van der Waals surface area contributed by atoms with Crippen molar-refractivity contribution in [2.45, 2.75) is 44.7 Å². The molecule has 186 valence electrons. The Morgan fingerprint density at radius 3 is 2.34 bits per heavy atom. The Hall–Kier alpha value is -3.53. The van der Waals surface area contributed by atoms with Crippen molar-refractivity contribution in [1.82, 2.24) is 15.1 Å². The minimum Gasteiger partial charge on any atom is -0.462 e. The second-order valence-corrected chi connectivity index (χ2v) is 10.6. The van der Waals surface area contributed by atoms with Gasteiger partial charge in [-0.1, -0.05) is 12.1 Å². The zero-order valence-electron chi connectivity index (χ0n) is 20.2. The number of halogens is 1. The number of nitrogens with one attached hydrogen (secondary N) is 1. The number of rotatable bonds is 8. The number of aromatic nitrogens is 2. The van der Waals surface area contributed by atoms with Crippen LogP contribution < -0.4 is 5.32 Å². The fourth-order valence-corrected chi connectivity index (χ4v) is 4.57. The smallest absolute Gasteiger partial charge is 0.321 e. The van der Waals surface area contributed by atoms with E-state index in [4.69, 9.17) is 4.74 Å². The lowest BCUT2D eigenvalue weighted by Crippen LogP contribution is -2.28. The molecular weight excluding hydrogens is 473 g/mol. The monoisotopic (exact) mass is 501 g/mol. The molecular formula is C25H28FN3O5S. The summed E-state index contributed by atoms with van der Waals surface area (Å²) in [6, 6.07) is 11.8. The molecule has 2 aromatic carbocycles. The largest absolute Gasteiger partial charge is 0.462 e. The summed E-state index contributed by atoms with van der Waals surface area (Å²) in [6.45, 7) is 6.71. The summed E-state index contributed by atoms with van der Waals surface area (Å²) in [6.07, 6.45) is -0.403. The number of amides is 1. The van der Waals surface area contributed by atoms with Crippen LogP contribution in [0.2, 0.25) is 0 Å². The molecule has 8 nitrogen and oxygen atoms in total. The van der Waals surface area contributed by atoms with E-state index in [0.29, 0.717) is 28.1 Å². The van der Waals surface area contributed by atoms with Crippen molar-refractivity contribution in [1.29, 1.82) is 0 Å². The third-order valence-corrected chi connectivity index (χ3v) is 6.93. The van der Waals surface area contributed by atoms with Crippen molar-refractivity contribution >= 4 is 21.7 Å². The number of benzene rings is 2. The van der Waals surface area contributed by atoms with Crippen LogP contribution in [-0.2, 0) is 26.4 Å². The van der Waals surface area contributed by atoms with Crippen molar-refractivity contribution in [3.63, 3.8) is 0 Å². The Morgan fingerprint density at radius 1 is 1.09 bits per heavy atom. The van der Waals surface area contributed by atoms with Gasteiger partial charge < -0.3 is 10.1 Å². The molecule has 0 unspecified atom stereocenters. The van der Waals surface area contributed by atoms with E-state index in [2.05, 4.69) is 10.4 Å². The molecule has 35 heavy (non-hydrogen) atoms. The summed E-state index contributed by atoms with van der Waals surface area (Å²) < 4.78 is 44.9. The molecule has 0 spiro atoms. The second-order valence-electron chi connectivity index (χ2n) is 8.56. The first-order valence-electron chi connectivity index (χ1n) is 11.0. The van der Waals surface area contributed by atoms with Gasteiger partial charge in [0.15, 0.2) is 15.6 Å². The molecule has 3 rings (SSSR count). The molecule has 1 aromatic heterocycles. The molecule has 0 aliphatic heterocycles. The zero-order valence-corrected chi connectivity index (χ0v) is 21.0. The summed E-state index contributed by atoms with van der Waals surface area (Å²) in [4.78, 5) is 24.6. The normalized spacial score (nSPS) is 12.4. The molecule has 1 atom stereocenters. The van der Waals surface area contributed by atoms with Gasteiger partial charge in [-0.05, 0) is 75.2 Å². The fraction of sp³-hybridized carbons (Fsp3) is 0.320. The quantitative estimate of drug-likeness (QED) is 0.471. The lowest BCUT2D eigenvalue weighted by atomic mass is 10.1. The van der Waals surface area contributed by atoms with Crippen molar-refractivity contribution in [2.75, 3.05) is 5.75 Å². The van der Waals surface area contributed by atoms with Crippen LogP contribution >= 0.6 is 0 Å². The van der Waals surface area contributed by atoms with E-state index in [9.17, 15) is 22.4 Å². The molecule has 0 saturated carbocycles. The second kappa shape index (κ2) is 10.4. The highest BCUT2D eigenvalue weighted by Gasteiger charge is 2.22. The van der Waals surface area contributed by atoms with Gasteiger partial charge in [-0.2, -0.15) is 5.10 Å². The third-order valence-electron chi connectivity index (χ3n) is 5.33. The topological polar surface area (TPSA) is 107 Å². The average molecular weight is 502 g/mol. The lowest BCUT2D eigenvalue weighted by Gasteiger charge is -2.15. The predicted molar refractivity (Wildman–Crippen MR) is 129 cm³/mol. The molecule has 0 fully saturated rings. The minimum absolute atomic E-state index is 0.00801. The summed E-state index contributed by atoms with van der Waals surface area (Å²) in [5, 5.41) is 7.23. The number of nitrogens with zero attached hydrogens (tertiary/aromatic N) is 2. The van der Waals surface area contributed by atoms with E-state index in [1.165, 1.54) is 22.9 Å². The van der Waals surface area contributed by atoms with Gasteiger partial charge in [0.05, 0.1) is 22.7 Å². The van der Waals surface area contributed by atoms with Gasteiger partial charge in [0.1, 0.15) is 11.5 Å². The minimum atomic E-state index is -3.85. The zero-order chi connectivity index (χ0) is 25.9. The maximum atomic E-state index is 13.6. The van der Waals surface area contributed by atoms with Gasteiger partial charge in [-0.25, -0.2) is 12.8 Å². The first kappa shape index (κ1) is 26.1. The van der Waals surface area contributed by atoms with Crippen LogP contribution in [0, 0.1) is 12.7 Å². The summed E-state index contributed by atoms with van der Waals surface area (Å²) in [5.41, 5.74) is 2.71. The van der Waals surface area contributed by atoms with Crippen LogP contribution in [0.3, 0.4) is 0 Å². The van der Waals surface area contributed by atoms with Crippen LogP contribution in [-0.4, -0.2) is 41.9 Å². The molecule has 3 aromatic rings. The lowest BCUT2D eigenvalue weighted by molar-refractivity contribution is -0.144. The van der Waals surface area contributed by atoms with Gasteiger partial charge >= 0.3 is 5.97 Å². The number of ether oxygens (including phenoxy) is 1. The number of hydrogen-bond acceptors (Lipinski definition) is 6. The van der Waals surface area contributed by atoms with Crippen LogP contribution in [0.25, 0.3) is 11.3 Å². The summed E-state index contributed by atoms with van der Waals surface area (Å²) in [5.74, 6) is -2.24. The van der Waals surface area contributed by atoms with Crippen molar-refractivity contribution in [2.24, 2.45) is 7.05 Å². The summed E-state index contributed by atoms with van der Waals surface area (Å²) >= 11 is 0. The van der Waals surface area contributed by atoms with Crippen LogP contribution in [0.15, 0.2) is 53.4 Å². The Morgan fingerprint density at radius 2 is 1.74 bits per heavy atom. The van der Waals surface area contributed by atoms with Gasteiger partial charge in [0.25, 0.3) is 5.91 Å². The van der Waals surface area contributed by atoms with Gasteiger partial charge in [-0.15, -0.1) is 0 Å². The number of carbonyl (C=O) groups is 2. The molecule has 1 heterocycles. The maximum absolute atomic E-state index is 13.6. The van der Waals surface area contributed by atoms with Gasteiger partial charge in [-0.3, -0.25) is 14.3 Å². The molecule has 0 bridgehead atoms. The first-order chi connectivity index (χ1) is 16.4. The molecule has 0 aliphatic rings. The van der Waals surface area contributed by atoms with Crippen LogP contribution in [0.1, 0.15) is 48.4 Å². The predicted octanol–water partition coefficient (Wildman–Crippen LogP) is 3.75. The highest BCUT2D eigenvalue weighted by Crippen LogP contribution is 2.23. The number of esters is 1. The Balaban J connectivity index is 1.70. The molecule has 0 aliphatic carbocycles. The van der Waals surface area contributed by atoms with E-state index in [1.54, 1.807) is 65.1 Å². The maximum Gasteiger partial charge on any atom is 0.321 e. The van der Waals surface area contributed by atoms with E-state index in [0.717, 1.165) is 0 Å². The Kier molecular flexibility index (Phi) is 7.74. The molecule has 1 amide bonds. The van der Waals surface area contributed by atoms with E-state index in [-0.39, 0.29) is 16.6 Å². The number of hydrogen-bond donors (Lipinski definition) is 1. The van der Waals surface area contributed by atoms with E-state index >= 15 is 0 Å². The molecule has 1 N–H and O–H groups in total. The van der Waals surface area contributed by atoms with Crippen molar-refractivity contribution in [3.05, 3.63) is 71.2 Å². The summed E-state index contributed by atoms with van der Waals surface area (Å²) in [7, 11) is -2.20. The van der Waals surface area contributed by atoms with Crippen LogP contribution in [0.4, 0.5) is 4.39 Å². The van der Waals surface area contributed by atoms with Crippen LogP contribution in [0.5, 0.6) is 0 Å². The fourth-order valence-electron chi connectivity index (χ4n) is 3.48. The Bertz CT molecular complexity index is 1350. The third kappa shape index (κ3) is 6.33. The molecule has 0 saturated heterocycles. The highest BCUT2D eigenvalue weighted by atomic mass is 32.2. The standard InChI is InChI=1S/C25H28FN3O5S/c1-15(2)34-24(30)14-35(32,33)20-9-6-18(7-10-20)17(4)27-25(31)23-13-22(28-29(23)5)19-8-11-21(26)16(3)12-19/h6-13,15,17H,14H2,1-5H3,(H,27,31)/t17-/m1/s1. The van der Waals surface area contributed by atoms with Gasteiger partial charge in [0.2, 0.25) is 0 Å². The SMILES string of the molecule is Cc1cc(-c2cc(C(=O)N[C@H](C)c3ccc(S(=O)(=O)CC(=O)OC(C)C)cc3)n(C)n2)ccc1F. The highest BCUT2D eigenvalue weighted by molar-refractivity contribution is 7.92. The molecule has 0 radical (unpaired) electrons. The number of aryl methyl sites for hydroxylation is 2. The number of carbonyl (C=O) groups excluding carboxylic acids is 2. The number of sulfone groups is 1. The first-order valence-corrected chi connectivity index (χ1v) is 12.7. The molecule has 10 heteroatoms. The van der Waals surface area contributed by atoms with Crippen molar-refractivity contribution in [3.8, 4) is 11.3 Å².